The second-order valence-electron chi connectivity index (χ2n) is 9.86. The van der Waals surface area contributed by atoms with Crippen LogP contribution >= 0.6 is 0 Å². The van der Waals surface area contributed by atoms with E-state index in [0.717, 1.165) is 18.4 Å². The molecule has 2 aromatic carbocycles. The summed E-state index contributed by atoms with van der Waals surface area (Å²) in [5.41, 5.74) is 1.94. The lowest BCUT2D eigenvalue weighted by molar-refractivity contribution is -0.119. The lowest BCUT2D eigenvalue weighted by Gasteiger charge is -2.33. The molecule has 2 aliphatic heterocycles. The van der Waals surface area contributed by atoms with Gasteiger partial charge in [-0.05, 0) is 61.4 Å². The summed E-state index contributed by atoms with van der Waals surface area (Å²) in [6, 6.07) is 12.8. The number of benzene rings is 2. The number of piperidine rings is 1. The summed E-state index contributed by atoms with van der Waals surface area (Å²) in [5.74, 6) is 0.649. The number of ether oxygens (including phenoxy) is 1. The number of hydrogen-bond donors (Lipinski definition) is 4. The average molecular weight is 561 g/mol. The fourth-order valence-electron chi connectivity index (χ4n) is 4.73. The van der Waals surface area contributed by atoms with Crippen molar-refractivity contribution in [3.05, 3.63) is 54.1 Å². The van der Waals surface area contributed by atoms with Crippen LogP contribution in [0.25, 0.3) is 11.4 Å². The first-order chi connectivity index (χ1) is 19.8. The van der Waals surface area contributed by atoms with Gasteiger partial charge in [-0.2, -0.15) is 15.0 Å². The molecule has 214 valence electrons. The van der Waals surface area contributed by atoms with E-state index in [9.17, 15) is 14.4 Å². The molecule has 0 aliphatic carbocycles. The highest BCUT2D eigenvalue weighted by Gasteiger charge is 2.24. The first kappa shape index (κ1) is 27.8. The van der Waals surface area contributed by atoms with Crippen molar-refractivity contribution in [1.29, 1.82) is 0 Å². The van der Waals surface area contributed by atoms with Crippen molar-refractivity contribution in [2.75, 3.05) is 59.8 Å². The van der Waals surface area contributed by atoms with Crippen LogP contribution in [0.5, 0.6) is 0 Å². The predicted octanol–water partition coefficient (Wildman–Crippen LogP) is 2.82. The Hall–Kier alpha value is -4.78. The van der Waals surface area contributed by atoms with E-state index in [0.29, 0.717) is 68.5 Å². The van der Waals surface area contributed by atoms with E-state index in [1.165, 1.54) is 31.2 Å². The van der Waals surface area contributed by atoms with Gasteiger partial charge in [0.25, 0.3) is 0 Å². The Balaban J connectivity index is 1.30. The van der Waals surface area contributed by atoms with Crippen LogP contribution in [-0.4, -0.2) is 83.4 Å². The van der Waals surface area contributed by atoms with Crippen LogP contribution in [0.1, 0.15) is 30.1 Å². The molecule has 2 aliphatic rings. The van der Waals surface area contributed by atoms with Crippen LogP contribution in [0.2, 0.25) is 0 Å². The number of nitrogens with zero attached hydrogens (tertiary/aromatic N) is 5. The molecular formula is C28H32N8O5. The third kappa shape index (κ3) is 7.25. The first-order valence-corrected chi connectivity index (χ1v) is 13.5. The highest BCUT2D eigenvalue weighted by Crippen LogP contribution is 2.25. The van der Waals surface area contributed by atoms with Gasteiger partial charge in [0.05, 0.1) is 18.8 Å². The molecule has 3 heterocycles. The second-order valence-corrected chi connectivity index (χ2v) is 9.86. The van der Waals surface area contributed by atoms with Gasteiger partial charge < -0.3 is 35.6 Å². The van der Waals surface area contributed by atoms with E-state index in [1.54, 1.807) is 12.1 Å². The van der Waals surface area contributed by atoms with Crippen LogP contribution in [0.15, 0.2) is 48.5 Å². The number of urea groups is 1. The van der Waals surface area contributed by atoms with Crippen LogP contribution in [0.4, 0.5) is 28.1 Å². The number of rotatable bonds is 7. The molecule has 0 spiro atoms. The smallest absolute Gasteiger partial charge is 0.335 e. The quantitative estimate of drug-likeness (QED) is 0.338. The van der Waals surface area contributed by atoms with Crippen molar-refractivity contribution < 1.29 is 24.2 Å². The summed E-state index contributed by atoms with van der Waals surface area (Å²) in [7, 11) is 0. The maximum absolute atomic E-state index is 12.5. The summed E-state index contributed by atoms with van der Waals surface area (Å²) >= 11 is 0. The number of aromatic nitrogens is 3. The molecule has 2 saturated heterocycles. The Morgan fingerprint density at radius 2 is 1.34 bits per heavy atom. The Kier molecular flexibility index (Phi) is 8.53. The number of amides is 3. The number of anilines is 4. The Morgan fingerprint density at radius 3 is 1.88 bits per heavy atom. The number of carbonyl (C=O) groups is 3. The van der Waals surface area contributed by atoms with Gasteiger partial charge in [-0.15, -0.1) is 0 Å². The Bertz CT molecular complexity index is 1390. The van der Waals surface area contributed by atoms with E-state index in [1.807, 2.05) is 12.1 Å². The zero-order chi connectivity index (χ0) is 28.8. The molecule has 2 fully saturated rings. The molecule has 0 saturated carbocycles. The number of carboxylic acid groups (broad SMARTS) is 1. The molecule has 41 heavy (non-hydrogen) atoms. The van der Waals surface area contributed by atoms with E-state index >= 15 is 0 Å². The minimum absolute atomic E-state index is 0.0229. The van der Waals surface area contributed by atoms with Gasteiger partial charge >= 0.3 is 12.0 Å². The first-order valence-electron chi connectivity index (χ1n) is 13.5. The van der Waals surface area contributed by atoms with Crippen molar-refractivity contribution in [3.63, 3.8) is 0 Å². The van der Waals surface area contributed by atoms with Crippen molar-refractivity contribution in [2.24, 2.45) is 0 Å². The normalized spacial score (nSPS) is 15.7. The maximum atomic E-state index is 12.5. The summed E-state index contributed by atoms with van der Waals surface area (Å²) in [5, 5.41) is 17.5. The lowest BCUT2D eigenvalue weighted by atomic mass is 10.1. The summed E-state index contributed by atoms with van der Waals surface area (Å²) < 4.78 is 5.50. The van der Waals surface area contributed by atoms with Crippen LogP contribution < -0.4 is 25.8 Å². The van der Waals surface area contributed by atoms with E-state index in [4.69, 9.17) is 24.8 Å². The molecule has 4 N–H and O–H groups in total. The minimum atomic E-state index is -1.03. The number of aromatic carboxylic acids is 1. The summed E-state index contributed by atoms with van der Waals surface area (Å²) in [6.07, 6.45) is 1.61. The predicted molar refractivity (Wildman–Crippen MR) is 153 cm³/mol. The van der Waals surface area contributed by atoms with Crippen LogP contribution in [0, 0.1) is 0 Å². The van der Waals surface area contributed by atoms with Gasteiger partial charge in [-0.3, -0.25) is 4.79 Å². The maximum Gasteiger partial charge on any atom is 0.335 e. The van der Waals surface area contributed by atoms with Gasteiger partial charge in [0.1, 0.15) is 0 Å². The third-order valence-electron chi connectivity index (χ3n) is 6.88. The number of nitrogens with one attached hydrogen (secondary N) is 3. The molecule has 1 aromatic heterocycles. The third-order valence-corrected chi connectivity index (χ3v) is 6.88. The molecule has 0 bridgehead atoms. The number of morpholine rings is 1. The topological polar surface area (TPSA) is 162 Å². The molecule has 13 heteroatoms. The van der Waals surface area contributed by atoms with Crippen molar-refractivity contribution in [3.8, 4) is 11.4 Å². The van der Waals surface area contributed by atoms with Crippen molar-refractivity contribution in [1.82, 2.24) is 20.3 Å². The largest absolute Gasteiger partial charge is 0.478 e. The highest BCUT2D eigenvalue weighted by molar-refractivity contribution is 6.00. The molecule has 3 aromatic rings. The highest BCUT2D eigenvalue weighted by atomic mass is 16.5. The minimum Gasteiger partial charge on any atom is -0.478 e. The average Bonchev–Trinajstić information content (AvgIpc) is 2.98. The van der Waals surface area contributed by atoms with Gasteiger partial charge in [0, 0.05) is 56.1 Å². The fourth-order valence-corrected chi connectivity index (χ4v) is 4.73. The lowest BCUT2D eigenvalue weighted by Crippen LogP contribution is -2.45. The second kappa shape index (κ2) is 12.6. The van der Waals surface area contributed by atoms with Gasteiger partial charge in [-0.25, -0.2) is 9.59 Å². The number of hydrogen-bond acceptors (Lipinski definition) is 9. The molecular weight excluding hydrogens is 528 g/mol. The zero-order valence-corrected chi connectivity index (χ0v) is 22.7. The Labute approximate surface area is 236 Å². The van der Waals surface area contributed by atoms with Crippen molar-refractivity contribution in [2.45, 2.75) is 25.8 Å². The van der Waals surface area contributed by atoms with Gasteiger partial charge in [-0.1, -0.05) is 0 Å². The zero-order valence-electron chi connectivity index (χ0n) is 22.7. The molecule has 13 nitrogen and oxygen atoms in total. The Morgan fingerprint density at radius 1 is 0.805 bits per heavy atom. The van der Waals surface area contributed by atoms with E-state index in [2.05, 4.69) is 25.8 Å². The fraction of sp³-hybridized carbons (Fsp3) is 0.357. The summed E-state index contributed by atoms with van der Waals surface area (Å²) in [4.78, 5) is 53.5. The molecule has 3 amide bonds. The molecule has 5 rings (SSSR count). The molecule has 0 radical (unpaired) electrons. The number of carboxylic acids is 1. The standard InChI is InChI=1S/C28H32N8O5/c1-18(37)29-23-10-12-35(13-11-23)26-32-24(33-27(34-26)36-14-16-41-17-15-36)19-2-6-21(7-3-19)30-28(40)31-22-8-4-20(5-9-22)25(38)39/h2-9,23H,10-17H2,1H3,(H,29,37)(H,38,39)(H2,30,31,40). The van der Waals surface area contributed by atoms with Crippen LogP contribution in [0.3, 0.4) is 0 Å². The summed E-state index contributed by atoms with van der Waals surface area (Å²) in [6.45, 7) is 5.54. The molecule has 0 unspecified atom stereocenters. The monoisotopic (exact) mass is 560 g/mol. The molecule has 0 atom stereocenters. The van der Waals surface area contributed by atoms with E-state index in [-0.39, 0.29) is 17.5 Å². The van der Waals surface area contributed by atoms with Crippen LogP contribution in [-0.2, 0) is 9.53 Å². The SMILES string of the molecule is CC(=O)NC1CCN(c2nc(-c3ccc(NC(=O)Nc4ccc(C(=O)O)cc4)cc3)nc(N3CCOCC3)n2)CC1. The van der Waals surface area contributed by atoms with Gasteiger partial charge in [0.2, 0.25) is 17.8 Å². The van der Waals surface area contributed by atoms with E-state index < -0.39 is 12.0 Å². The van der Waals surface area contributed by atoms with Gasteiger partial charge in [0.15, 0.2) is 5.82 Å². The number of carbonyl (C=O) groups excluding carboxylic acids is 2. The van der Waals surface area contributed by atoms with Crippen molar-refractivity contribution >= 4 is 41.2 Å².